The Kier molecular flexibility index (Phi) is 4.00. The van der Waals surface area contributed by atoms with E-state index in [1.54, 1.807) is 4.90 Å². The minimum atomic E-state index is 0.108. The average Bonchev–Trinajstić information content (AvgIpc) is 2.36. The highest BCUT2D eigenvalue weighted by Crippen LogP contribution is 2.29. The van der Waals surface area contributed by atoms with Crippen LogP contribution in [0.3, 0.4) is 0 Å². The molecule has 0 aromatic carbocycles. The maximum atomic E-state index is 11.7. The van der Waals surface area contributed by atoms with Gasteiger partial charge >= 0.3 is 0 Å². The molecule has 1 saturated heterocycles. The fraction of sp³-hybridized carbons (Fsp3) is 0.545. The number of rotatable bonds is 3. The van der Waals surface area contributed by atoms with Gasteiger partial charge in [0.1, 0.15) is 22.4 Å². The van der Waals surface area contributed by atoms with Gasteiger partial charge in [0.25, 0.3) is 0 Å². The summed E-state index contributed by atoms with van der Waals surface area (Å²) in [4.78, 5) is 23.8. The van der Waals surface area contributed by atoms with Gasteiger partial charge in [-0.15, -0.1) is 0 Å². The van der Waals surface area contributed by atoms with Crippen molar-refractivity contribution in [1.82, 2.24) is 14.9 Å². The number of amides is 1. The van der Waals surface area contributed by atoms with Crippen LogP contribution in [0.4, 0.5) is 11.6 Å². The summed E-state index contributed by atoms with van der Waals surface area (Å²) in [5.41, 5.74) is 0. The lowest BCUT2D eigenvalue weighted by Crippen LogP contribution is -2.49. The van der Waals surface area contributed by atoms with Crippen molar-refractivity contribution in [3.63, 3.8) is 0 Å². The van der Waals surface area contributed by atoms with Gasteiger partial charge in [0, 0.05) is 26.7 Å². The van der Waals surface area contributed by atoms with Gasteiger partial charge < -0.3 is 15.1 Å². The number of anilines is 2. The lowest BCUT2D eigenvalue weighted by Gasteiger charge is -2.33. The maximum absolute atomic E-state index is 11.7. The third-order valence-corrected chi connectivity index (χ3v) is 3.60. The largest absolute Gasteiger partial charge is 0.369 e. The van der Waals surface area contributed by atoms with E-state index in [4.69, 9.17) is 0 Å². The molecule has 1 fully saturated rings. The molecule has 0 atom stereocenters. The zero-order valence-electron chi connectivity index (χ0n) is 10.5. The molecule has 6 nitrogen and oxygen atoms in total. The van der Waals surface area contributed by atoms with Crippen molar-refractivity contribution in [1.29, 1.82) is 0 Å². The molecule has 1 aromatic rings. The van der Waals surface area contributed by atoms with Gasteiger partial charge in [-0.2, -0.15) is 0 Å². The SMILES string of the molecule is CCNc1ncnc(N2CCN(C)C(=O)C2)c1Br. The highest BCUT2D eigenvalue weighted by molar-refractivity contribution is 9.10. The standard InChI is InChI=1S/C11H16BrN5O/c1-3-13-10-9(12)11(15-7-14-10)17-5-4-16(2)8(18)6-17/h7H,3-6H2,1-2H3,(H,13,14,15). The quantitative estimate of drug-likeness (QED) is 0.900. The maximum Gasteiger partial charge on any atom is 0.241 e. The summed E-state index contributed by atoms with van der Waals surface area (Å²) >= 11 is 3.50. The van der Waals surface area contributed by atoms with E-state index in [2.05, 4.69) is 31.2 Å². The molecule has 1 N–H and O–H groups in total. The molecule has 1 amide bonds. The van der Waals surface area contributed by atoms with Crippen LogP contribution in [0.25, 0.3) is 0 Å². The second-order valence-electron chi connectivity index (χ2n) is 4.13. The minimum absolute atomic E-state index is 0.108. The zero-order valence-corrected chi connectivity index (χ0v) is 12.1. The first-order valence-electron chi connectivity index (χ1n) is 5.86. The molecule has 98 valence electrons. The van der Waals surface area contributed by atoms with E-state index in [1.807, 2.05) is 18.9 Å². The van der Waals surface area contributed by atoms with Crippen molar-refractivity contribution >= 4 is 33.5 Å². The Morgan fingerprint density at radius 1 is 1.44 bits per heavy atom. The summed E-state index contributed by atoms with van der Waals surface area (Å²) < 4.78 is 0.809. The molecular weight excluding hydrogens is 298 g/mol. The number of carbonyl (C=O) groups is 1. The second kappa shape index (κ2) is 5.51. The first-order chi connectivity index (χ1) is 8.63. The van der Waals surface area contributed by atoms with Crippen molar-refractivity contribution < 1.29 is 4.79 Å². The number of nitrogens with one attached hydrogen (secondary N) is 1. The fourth-order valence-corrected chi connectivity index (χ4v) is 2.41. The predicted molar refractivity (Wildman–Crippen MR) is 73.7 cm³/mol. The van der Waals surface area contributed by atoms with Crippen molar-refractivity contribution in [3.8, 4) is 0 Å². The Morgan fingerprint density at radius 3 is 2.89 bits per heavy atom. The highest BCUT2D eigenvalue weighted by atomic mass is 79.9. The molecule has 1 aliphatic heterocycles. The van der Waals surface area contributed by atoms with Gasteiger partial charge in [-0.1, -0.05) is 0 Å². The lowest BCUT2D eigenvalue weighted by molar-refractivity contribution is -0.129. The summed E-state index contributed by atoms with van der Waals surface area (Å²) in [5.74, 6) is 1.63. The summed E-state index contributed by atoms with van der Waals surface area (Å²) in [6, 6.07) is 0. The minimum Gasteiger partial charge on any atom is -0.369 e. The molecule has 0 unspecified atom stereocenters. The van der Waals surface area contributed by atoms with Crippen LogP contribution < -0.4 is 10.2 Å². The first-order valence-corrected chi connectivity index (χ1v) is 6.66. The van der Waals surface area contributed by atoms with Crippen molar-refractivity contribution in [2.75, 3.05) is 43.4 Å². The average molecular weight is 314 g/mol. The lowest BCUT2D eigenvalue weighted by atomic mass is 10.3. The van der Waals surface area contributed by atoms with E-state index in [-0.39, 0.29) is 5.91 Å². The van der Waals surface area contributed by atoms with E-state index < -0.39 is 0 Å². The monoisotopic (exact) mass is 313 g/mol. The number of aromatic nitrogens is 2. The highest BCUT2D eigenvalue weighted by Gasteiger charge is 2.24. The van der Waals surface area contributed by atoms with Crippen LogP contribution in [0, 0.1) is 0 Å². The molecule has 0 aliphatic carbocycles. The van der Waals surface area contributed by atoms with E-state index >= 15 is 0 Å². The molecule has 7 heteroatoms. The Morgan fingerprint density at radius 2 is 2.22 bits per heavy atom. The predicted octanol–water partition coefficient (Wildman–Crippen LogP) is 0.949. The van der Waals surface area contributed by atoms with Crippen molar-refractivity contribution in [2.24, 2.45) is 0 Å². The Hall–Kier alpha value is -1.37. The van der Waals surface area contributed by atoms with Gasteiger partial charge in [-0.3, -0.25) is 4.79 Å². The van der Waals surface area contributed by atoms with Gasteiger partial charge in [0.15, 0.2) is 0 Å². The van der Waals surface area contributed by atoms with Crippen molar-refractivity contribution in [2.45, 2.75) is 6.92 Å². The topological polar surface area (TPSA) is 61.4 Å². The van der Waals surface area contributed by atoms with Crippen LogP contribution in [0.15, 0.2) is 10.8 Å². The third kappa shape index (κ3) is 2.55. The first kappa shape index (κ1) is 13.1. The van der Waals surface area contributed by atoms with Crippen molar-refractivity contribution in [3.05, 3.63) is 10.8 Å². The molecule has 2 rings (SSSR count). The normalized spacial score (nSPS) is 16.1. The number of likely N-dealkylation sites (N-methyl/N-ethyl adjacent to an activating group) is 1. The molecule has 0 spiro atoms. The smallest absolute Gasteiger partial charge is 0.241 e. The van der Waals surface area contributed by atoms with Crippen LogP contribution in [0.5, 0.6) is 0 Å². The summed E-state index contributed by atoms with van der Waals surface area (Å²) in [6.45, 7) is 4.65. The molecule has 0 radical (unpaired) electrons. The van der Waals surface area contributed by atoms with E-state index in [0.717, 1.165) is 29.2 Å². The van der Waals surface area contributed by atoms with Crippen LogP contribution >= 0.6 is 15.9 Å². The van der Waals surface area contributed by atoms with Gasteiger partial charge in [-0.05, 0) is 22.9 Å². The molecule has 2 heterocycles. The van der Waals surface area contributed by atoms with Crippen LogP contribution in [0.1, 0.15) is 6.92 Å². The molecule has 1 aliphatic rings. The summed E-state index contributed by atoms with van der Waals surface area (Å²) in [6.07, 6.45) is 1.51. The number of halogens is 1. The van der Waals surface area contributed by atoms with Crippen LogP contribution in [0.2, 0.25) is 0 Å². The molecule has 0 bridgehead atoms. The summed E-state index contributed by atoms with van der Waals surface area (Å²) in [7, 11) is 1.82. The molecule has 0 saturated carbocycles. The fourth-order valence-electron chi connectivity index (χ4n) is 1.81. The molecular formula is C11H16BrN5O. The van der Waals surface area contributed by atoms with Gasteiger partial charge in [0.2, 0.25) is 5.91 Å². The van der Waals surface area contributed by atoms with E-state index in [1.165, 1.54) is 6.33 Å². The third-order valence-electron chi connectivity index (χ3n) is 2.87. The van der Waals surface area contributed by atoms with Gasteiger partial charge in [0.05, 0.1) is 6.54 Å². The molecule has 1 aromatic heterocycles. The molecule has 18 heavy (non-hydrogen) atoms. The number of carbonyl (C=O) groups excluding carboxylic acids is 1. The Labute approximate surface area is 115 Å². The Balaban J connectivity index is 2.23. The van der Waals surface area contributed by atoms with Crippen LogP contribution in [-0.4, -0.2) is 54.0 Å². The summed E-state index contributed by atoms with van der Waals surface area (Å²) in [5, 5.41) is 3.16. The second-order valence-corrected chi connectivity index (χ2v) is 4.92. The van der Waals surface area contributed by atoms with Gasteiger partial charge in [-0.25, -0.2) is 9.97 Å². The number of hydrogen-bond donors (Lipinski definition) is 1. The Bertz CT molecular complexity index is 453. The van der Waals surface area contributed by atoms with Crippen LogP contribution in [-0.2, 0) is 4.79 Å². The zero-order chi connectivity index (χ0) is 13.1. The number of hydrogen-bond acceptors (Lipinski definition) is 5. The number of nitrogens with zero attached hydrogens (tertiary/aromatic N) is 4. The van der Waals surface area contributed by atoms with E-state index in [0.29, 0.717) is 13.1 Å². The van der Waals surface area contributed by atoms with E-state index in [9.17, 15) is 4.79 Å². The number of piperazine rings is 1.